The molecule has 4 heterocycles. The van der Waals surface area contributed by atoms with Crippen molar-refractivity contribution in [1.82, 2.24) is 14.8 Å². The van der Waals surface area contributed by atoms with Crippen molar-refractivity contribution in [3.63, 3.8) is 0 Å². The number of carbonyl (C=O) groups is 2. The van der Waals surface area contributed by atoms with Crippen LogP contribution in [0.2, 0.25) is 0 Å². The Kier molecular flexibility index (Phi) is 4.73. The van der Waals surface area contributed by atoms with E-state index in [9.17, 15) is 9.59 Å². The van der Waals surface area contributed by atoms with Crippen molar-refractivity contribution in [1.29, 1.82) is 0 Å². The minimum Gasteiger partial charge on any atom is -0.463 e. The molecule has 3 aromatic heterocycles. The number of amides is 2. The molecule has 1 atom stereocenters. The molecular weight excluding hydrogens is 398 g/mol. The molecule has 1 aliphatic carbocycles. The zero-order chi connectivity index (χ0) is 20.9. The maximum Gasteiger partial charge on any atom is 0.271 e. The van der Waals surface area contributed by atoms with Crippen LogP contribution in [0.15, 0.2) is 40.3 Å². The molecular formula is C23H27N3O3S. The Balaban J connectivity index is 1.50. The zero-order valence-electron chi connectivity index (χ0n) is 17.4. The molecule has 1 unspecified atom stereocenters. The summed E-state index contributed by atoms with van der Waals surface area (Å²) < 4.78 is 7.47. The third-order valence-electron chi connectivity index (χ3n) is 6.78. The topological polar surface area (TPSA) is 67.5 Å². The van der Waals surface area contributed by atoms with E-state index >= 15 is 0 Å². The molecule has 1 aliphatic heterocycles. The van der Waals surface area contributed by atoms with E-state index in [1.165, 1.54) is 0 Å². The third kappa shape index (κ3) is 3.16. The highest BCUT2D eigenvalue weighted by Crippen LogP contribution is 2.35. The molecule has 1 fully saturated rings. The van der Waals surface area contributed by atoms with Gasteiger partial charge in [0.15, 0.2) is 5.58 Å². The molecule has 7 heteroatoms. The lowest BCUT2D eigenvalue weighted by atomic mass is 9.86. The van der Waals surface area contributed by atoms with Crippen LogP contribution in [-0.2, 0) is 17.9 Å². The lowest BCUT2D eigenvalue weighted by Gasteiger charge is -2.44. The molecule has 2 amide bonds. The molecule has 3 aromatic rings. The predicted octanol–water partition coefficient (Wildman–Crippen LogP) is 4.41. The quantitative estimate of drug-likeness (QED) is 0.673. The maximum atomic E-state index is 13.6. The summed E-state index contributed by atoms with van der Waals surface area (Å²) in [5.74, 6) is 0.524. The molecule has 0 saturated heterocycles. The lowest BCUT2D eigenvalue weighted by molar-refractivity contribution is -0.134. The van der Waals surface area contributed by atoms with Gasteiger partial charge in [-0.15, -0.1) is 11.3 Å². The predicted molar refractivity (Wildman–Crippen MR) is 116 cm³/mol. The van der Waals surface area contributed by atoms with Gasteiger partial charge in [-0.2, -0.15) is 0 Å². The van der Waals surface area contributed by atoms with E-state index in [0.29, 0.717) is 24.4 Å². The van der Waals surface area contributed by atoms with Gasteiger partial charge in [0, 0.05) is 23.1 Å². The third-order valence-corrected chi connectivity index (χ3v) is 7.64. The Morgan fingerprint density at radius 3 is 2.83 bits per heavy atom. The minimum atomic E-state index is -0.972. The Morgan fingerprint density at radius 1 is 1.30 bits per heavy atom. The lowest BCUT2D eigenvalue weighted by Crippen LogP contribution is -2.64. The molecule has 2 aliphatic rings. The van der Waals surface area contributed by atoms with Crippen molar-refractivity contribution in [2.45, 2.75) is 64.2 Å². The number of nitrogens with one attached hydrogen (secondary N) is 1. The van der Waals surface area contributed by atoms with Gasteiger partial charge in [0.05, 0.1) is 24.9 Å². The first-order valence-corrected chi connectivity index (χ1v) is 11.6. The van der Waals surface area contributed by atoms with Crippen LogP contribution in [0.3, 0.4) is 0 Å². The normalized spacial score (nSPS) is 26.7. The van der Waals surface area contributed by atoms with Gasteiger partial charge in [0.2, 0.25) is 5.91 Å². The summed E-state index contributed by atoms with van der Waals surface area (Å²) in [5, 5.41) is 5.28. The van der Waals surface area contributed by atoms with E-state index in [4.69, 9.17) is 4.42 Å². The summed E-state index contributed by atoms with van der Waals surface area (Å²) in [7, 11) is 0. The van der Waals surface area contributed by atoms with Crippen molar-refractivity contribution in [3.8, 4) is 0 Å². The molecule has 0 aromatic carbocycles. The van der Waals surface area contributed by atoms with Crippen LogP contribution >= 0.6 is 11.3 Å². The fraction of sp³-hybridized carbons (Fsp3) is 0.478. The van der Waals surface area contributed by atoms with Crippen LogP contribution in [0, 0.1) is 5.92 Å². The second kappa shape index (κ2) is 7.30. The number of rotatable bonds is 4. The minimum absolute atomic E-state index is 0.0667. The number of carbonyl (C=O) groups excluding carboxylic acids is 2. The van der Waals surface area contributed by atoms with Crippen molar-refractivity contribution in [3.05, 3.63) is 46.5 Å². The van der Waals surface area contributed by atoms with E-state index in [1.807, 2.05) is 35.1 Å². The van der Waals surface area contributed by atoms with E-state index in [1.54, 1.807) is 28.6 Å². The number of nitrogens with zero attached hydrogens (tertiary/aromatic N) is 2. The number of hydrogen-bond acceptors (Lipinski definition) is 4. The summed E-state index contributed by atoms with van der Waals surface area (Å²) in [6.45, 7) is 5.01. The number of fused-ring (bicyclic) bond motifs is 3. The van der Waals surface area contributed by atoms with Crippen LogP contribution in [0.25, 0.3) is 11.1 Å². The molecule has 158 valence electrons. The molecule has 30 heavy (non-hydrogen) atoms. The van der Waals surface area contributed by atoms with E-state index in [2.05, 4.69) is 12.2 Å². The summed E-state index contributed by atoms with van der Waals surface area (Å²) in [4.78, 5) is 30.0. The van der Waals surface area contributed by atoms with Crippen molar-refractivity contribution < 1.29 is 14.0 Å². The molecule has 6 nitrogen and oxygen atoms in total. The highest BCUT2D eigenvalue weighted by molar-refractivity contribution is 7.09. The molecule has 0 radical (unpaired) electrons. The van der Waals surface area contributed by atoms with Gasteiger partial charge in [0.1, 0.15) is 11.2 Å². The SMILES string of the molecule is CC1CCC(NC(=O)C2(C)Cn3c(cc4occc43)C(=O)N2Cc2cccs2)CC1. The van der Waals surface area contributed by atoms with Gasteiger partial charge in [0.25, 0.3) is 5.91 Å². The van der Waals surface area contributed by atoms with Gasteiger partial charge in [-0.25, -0.2) is 0 Å². The molecule has 5 rings (SSSR count). The molecule has 1 saturated carbocycles. The van der Waals surface area contributed by atoms with Crippen LogP contribution in [0.1, 0.15) is 54.9 Å². The standard InChI is InChI=1S/C23H27N3O3S/c1-15-5-7-16(8-6-15)24-22(28)23(2)14-25-18-9-10-29-20(18)12-19(25)21(27)26(23)13-17-4-3-11-30-17/h3-4,9-12,15-16H,5-8,13-14H2,1-2H3,(H,24,28). The number of aromatic nitrogens is 1. The van der Waals surface area contributed by atoms with Gasteiger partial charge in [-0.05, 0) is 50.0 Å². The second-order valence-corrected chi connectivity index (χ2v) is 9.99. The highest BCUT2D eigenvalue weighted by Gasteiger charge is 2.48. The van der Waals surface area contributed by atoms with Crippen molar-refractivity contribution in [2.24, 2.45) is 5.92 Å². The summed E-state index contributed by atoms with van der Waals surface area (Å²) in [6, 6.07) is 7.83. The van der Waals surface area contributed by atoms with Crippen molar-refractivity contribution in [2.75, 3.05) is 0 Å². The zero-order valence-corrected chi connectivity index (χ0v) is 18.2. The largest absolute Gasteiger partial charge is 0.463 e. The van der Waals surface area contributed by atoms with Crippen molar-refractivity contribution >= 4 is 34.3 Å². The van der Waals surface area contributed by atoms with Crippen LogP contribution in [-0.4, -0.2) is 32.9 Å². The molecule has 0 spiro atoms. The van der Waals surface area contributed by atoms with E-state index < -0.39 is 5.54 Å². The first-order chi connectivity index (χ1) is 14.5. The first kappa shape index (κ1) is 19.4. The Morgan fingerprint density at radius 2 is 2.10 bits per heavy atom. The van der Waals surface area contributed by atoms with Gasteiger partial charge < -0.3 is 19.2 Å². The summed E-state index contributed by atoms with van der Waals surface area (Å²) in [6.07, 6.45) is 5.90. The van der Waals surface area contributed by atoms with Crippen LogP contribution < -0.4 is 5.32 Å². The molecule has 0 bridgehead atoms. The second-order valence-electron chi connectivity index (χ2n) is 8.96. The Hall–Kier alpha value is -2.54. The van der Waals surface area contributed by atoms with Crippen LogP contribution in [0.5, 0.6) is 0 Å². The number of hydrogen-bond donors (Lipinski definition) is 1. The average Bonchev–Trinajstić information content (AvgIpc) is 3.45. The van der Waals surface area contributed by atoms with Crippen LogP contribution in [0.4, 0.5) is 0 Å². The summed E-state index contributed by atoms with van der Waals surface area (Å²) in [5.41, 5.74) is 1.15. The maximum absolute atomic E-state index is 13.6. The average molecular weight is 426 g/mol. The number of thiophene rings is 1. The van der Waals surface area contributed by atoms with E-state index in [-0.39, 0.29) is 17.9 Å². The fourth-order valence-corrected chi connectivity index (χ4v) is 5.52. The Bertz CT molecular complexity index is 1070. The monoisotopic (exact) mass is 425 g/mol. The first-order valence-electron chi connectivity index (χ1n) is 10.7. The smallest absolute Gasteiger partial charge is 0.271 e. The van der Waals surface area contributed by atoms with E-state index in [0.717, 1.165) is 42.0 Å². The number of furan rings is 1. The molecule has 1 N–H and O–H groups in total. The van der Waals surface area contributed by atoms with Gasteiger partial charge in [-0.3, -0.25) is 9.59 Å². The van der Waals surface area contributed by atoms with Gasteiger partial charge >= 0.3 is 0 Å². The van der Waals surface area contributed by atoms with Gasteiger partial charge in [-0.1, -0.05) is 13.0 Å². The Labute approximate surface area is 179 Å². The highest BCUT2D eigenvalue weighted by atomic mass is 32.1. The fourth-order valence-electron chi connectivity index (χ4n) is 4.82. The summed E-state index contributed by atoms with van der Waals surface area (Å²) >= 11 is 1.60.